The summed E-state index contributed by atoms with van der Waals surface area (Å²) in [6, 6.07) is 18.6. The van der Waals surface area contributed by atoms with Crippen molar-refractivity contribution in [3.05, 3.63) is 97.5 Å². The summed E-state index contributed by atoms with van der Waals surface area (Å²) in [5, 5.41) is 0.333. The van der Waals surface area contributed by atoms with Gasteiger partial charge in [-0.05, 0) is 35.6 Å². The smallest absolute Gasteiger partial charge is 0.348 e. The second-order valence-electron chi connectivity index (χ2n) is 6.97. The van der Waals surface area contributed by atoms with Crippen LogP contribution in [-0.2, 0) is 24.9 Å². The molecule has 0 aliphatic rings. The van der Waals surface area contributed by atoms with Gasteiger partial charge in [-0.2, -0.15) is 0 Å². The number of nitrogens with zero attached hydrogens (tertiary/aromatic N) is 2. The predicted molar refractivity (Wildman–Crippen MR) is 124 cm³/mol. The van der Waals surface area contributed by atoms with Crippen molar-refractivity contribution in [2.45, 2.75) is 18.0 Å². The first kappa shape index (κ1) is 21.1. The van der Waals surface area contributed by atoms with Gasteiger partial charge in [0.25, 0.3) is 5.56 Å². The van der Waals surface area contributed by atoms with Crippen molar-refractivity contribution in [3.63, 3.8) is 0 Å². The van der Waals surface area contributed by atoms with Crippen LogP contribution < -0.4 is 11.2 Å². The van der Waals surface area contributed by atoms with E-state index in [-0.39, 0.29) is 13.2 Å². The Morgan fingerprint density at radius 3 is 2.42 bits per heavy atom. The van der Waals surface area contributed by atoms with Crippen LogP contribution in [0, 0.1) is 0 Å². The van der Waals surface area contributed by atoms with Crippen LogP contribution in [0.5, 0.6) is 0 Å². The number of ether oxygens (including phenoxy) is 1. The highest BCUT2D eigenvalue weighted by Gasteiger charge is 2.19. The van der Waals surface area contributed by atoms with Gasteiger partial charge >= 0.3 is 11.7 Å². The topological polar surface area (TPSA) is 70.3 Å². The SMILES string of the molecule is CSc1ccc(Cn2c(=O)c3cc(C(=O)OCc4ccccc4)sc3n(C)c2=O)cc1. The molecule has 0 aliphatic heterocycles. The molecule has 4 rings (SSSR count). The number of benzene rings is 2. The Morgan fingerprint density at radius 2 is 1.74 bits per heavy atom. The van der Waals surface area contributed by atoms with E-state index in [0.717, 1.165) is 27.4 Å². The van der Waals surface area contributed by atoms with Crippen LogP contribution in [0.2, 0.25) is 0 Å². The van der Waals surface area contributed by atoms with Gasteiger partial charge in [-0.15, -0.1) is 23.1 Å². The first-order chi connectivity index (χ1) is 15.0. The van der Waals surface area contributed by atoms with Crippen LogP contribution in [0.4, 0.5) is 0 Å². The van der Waals surface area contributed by atoms with Gasteiger partial charge in [0.15, 0.2) is 0 Å². The van der Waals surface area contributed by atoms with Crippen LogP contribution >= 0.6 is 23.1 Å². The van der Waals surface area contributed by atoms with Gasteiger partial charge in [0, 0.05) is 11.9 Å². The number of esters is 1. The van der Waals surface area contributed by atoms with E-state index in [1.54, 1.807) is 18.8 Å². The number of thioether (sulfide) groups is 1. The summed E-state index contributed by atoms with van der Waals surface area (Å²) < 4.78 is 7.98. The lowest BCUT2D eigenvalue weighted by Crippen LogP contribution is -2.38. The standard InChI is InChI=1S/C23H20N2O4S2/c1-24-21-18(12-19(31-21)22(27)29-14-16-6-4-3-5-7-16)20(26)25(23(24)28)13-15-8-10-17(30-2)11-9-15/h3-12H,13-14H2,1-2H3. The van der Waals surface area contributed by atoms with E-state index < -0.39 is 17.2 Å². The fourth-order valence-electron chi connectivity index (χ4n) is 3.23. The lowest BCUT2D eigenvalue weighted by Gasteiger charge is -2.08. The van der Waals surface area contributed by atoms with Gasteiger partial charge in [0.2, 0.25) is 0 Å². The van der Waals surface area contributed by atoms with E-state index in [0.29, 0.717) is 15.1 Å². The maximum Gasteiger partial charge on any atom is 0.348 e. The molecule has 4 aromatic rings. The quantitative estimate of drug-likeness (QED) is 0.328. The highest BCUT2D eigenvalue weighted by atomic mass is 32.2. The van der Waals surface area contributed by atoms with Crippen molar-refractivity contribution >= 4 is 39.3 Å². The number of thiophene rings is 1. The molecule has 0 N–H and O–H groups in total. The maximum atomic E-state index is 13.0. The average Bonchev–Trinajstić information content (AvgIpc) is 3.26. The molecular weight excluding hydrogens is 432 g/mol. The minimum atomic E-state index is -0.517. The van der Waals surface area contributed by atoms with Crippen LogP contribution in [0.1, 0.15) is 20.8 Å². The average molecular weight is 453 g/mol. The van der Waals surface area contributed by atoms with Crippen molar-refractivity contribution in [2.75, 3.05) is 6.26 Å². The molecule has 2 heterocycles. The van der Waals surface area contributed by atoms with E-state index in [2.05, 4.69) is 0 Å². The van der Waals surface area contributed by atoms with Crippen molar-refractivity contribution in [1.29, 1.82) is 0 Å². The van der Waals surface area contributed by atoms with Gasteiger partial charge in [-0.25, -0.2) is 9.59 Å². The van der Waals surface area contributed by atoms with Crippen molar-refractivity contribution in [3.8, 4) is 0 Å². The number of carbonyl (C=O) groups is 1. The molecule has 8 heteroatoms. The highest BCUT2D eigenvalue weighted by molar-refractivity contribution is 7.98. The molecule has 0 aliphatic carbocycles. The van der Waals surface area contributed by atoms with Crippen LogP contribution in [-0.4, -0.2) is 21.4 Å². The fourth-order valence-corrected chi connectivity index (χ4v) is 4.64. The highest BCUT2D eigenvalue weighted by Crippen LogP contribution is 2.23. The number of carbonyl (C=O) groups excluding carboxylic acids is 1. The Labute approximate surface area is 186 Å². The monoisotopic (exact) mass is 452 g/mol. The first-order valence-corrected chi connectivity index (χ1v) is 11.6. The van der Waals surface area contributed by atoms with Gasteiger partial charge in [-0.3, -0.25) is 13.9 Å². The zero-order valence-corrected chi connectivity index (χ0v) is 18.7. The third kappa shape index (κ3) is 4.35. The number of fused-ring (bicyclic) bond motifs is 1. The van der Waals surface area contributed by atoms with E-state index in [1.165, 1.54) is 15.2 Å². The summed E-state index contributed by atoms with van der Waals surface area (Å²) in [4.78, 5) is 40.3. The van der Waals surface area contributed by atoms with E-state index >= 15 is 0 Å². The normalized spacial score (nSPS) is 11.0. The zero-order chi connectivity index (χ0) is 22.0. The minimum Gasteiger partial charge on any atom is -0.457 e. The molecule has 2 aromatic carbocycles. The minimum absolute atomic E-state index is 0.142. The van der Waals surface area contributed by atoms with Crippen LogP contribution in [0.3, 0.4) is 0 Å². The zero-order valence-electron chi connectivity index (χ0n) is 17.0. The van der Waals surface area contributed by atoms with Gasteiger partial charge in [0.1, 0.15) is 16.3 Å². The lowest BCUT2D eigenvalue weighted by molar-refractivity contribution is 0.0478. The fraction of sp³-hybridized carbons (Fsp3) is 0.174. The molecule has 0 amide bonds. The second kappa shape index (κ2) is 8.95. The Bertz CT molecular complexity index is 1350. The Kier molecular flexibility index (Phi) is 6.11. The summed E-state index contributed by atoms with van der Waals surface area (Å²) in [6.07, 6.45) is 1.99. The van der Waals surface area contributed by atoms with Crippen LogP contribution in [0.15, 0.2) is 75.1 Å². The molecule has 0 saturated carbocycles. The summed E-state index contributed by atoms with van der Waals surface area (Å²) >= 11 is 2.71. The molecule has 0 fully saturated rings. The molecule has 0 unspecified atom stereocenters. The third-order valence-corrected chi connectivity index (χ3v) is 6.86. The number of aryl methyl sites for hydroxylation is 1. The molecule has 0 saturated heterocycles. The van der Waals surface area contributed by atoms with Crippen molar-refractivity contribution in [2.24, 2.45) is 7.05 Å². The predicted octanol–water partition coefficient (Wildman–Crippen LogP) is 3.89. The van der Waals surface area contributed by atoms with E-state index in [1.807, 2.05) is 60.9 Å². The Morgan fingerprint density at radius 1 is 1.03 bits per heavy atom. The number of rotatable bonds is 6. The summed E-state index contributed by atoms with van der Waals surface area (Å²) in [5.74, 6) is -0.517. The second-order valence-corrected chi connectivity index (χ2v) is 8.88. The number of hydrogen-bond acceptors (Lipinski definition) is 6. The summed E-state index contributed by atoms with van der Waals surface area (Å²) in [6.45, 7) is 0.308. The van der Waals surface area contributed by atoms with Gasteiger partial charge in [-0.1, -0.05) is 42.5 Å². The van der Waals surface area contributed by atoms with E-state index in [9.17, 15) is 14.4 Å². The molecule has 31 heavy (non-hydrogen) atoms. The number of aromatic nitrogens is 2. The molecule has 6 nitrogen and oxygen atoms in total. The molecule has 0 atom stereocenters. The molecule has 0 bridgehead atoms. The van der Waals surface area contributed by atoms with Crippen LogP contribution in [0.25, 0.3) is 10.2 Å². The molecule has 2 aromatic heterocycles. The van der Waals surface area contributed by atoms with E-state index in [4.69, 9.17) is 4.74 Å². The van der Waals surface area contributed by atoms with Gasteiger partial charge < -0.3 is 4.74 Å². The lowest BCUT2D eigenvalue weighted by atomic mass is 10.2. The van der Waals surface area contributed by atoms with Crippen molar-refractivity contribution < 1.29 is 9.53 Å². The Hall–Kier alpha value is -3.10. The summed E-state index contributed by atoms with van der Waals surface area (Å²) in [5.41, 5.74) is 0.899. The maximum absolute atomic E-state index is 13.0. The summed E-state index contributed by atoms with van der Waals surface area (Å²) in [7, 11) is 1.60. The number of hydrogen-bond donors (Lipinski definition) is 0. The van der Waals surface area contributed by atoms with Crippen molar-refractivity contribution in [1.82, 2.24) is 9.13 Å². The molecular formula is C23H20N2O4S2. The molecule has 0 radical (unpaired) electrons. The van der Waals surface area contributed by atoms with Gasteiger partial charge in [0.05, 0.1) is 11.9 Å². The largest absolute Gasteiger partial charge is 0.457 e. The first-order valence-electron chi connectivity index (χ1n) is 9.55. The third-order valence-electron chi connectivity index (χ3n) is 4.92. The molecule has 158 valence electrons. The Balaban J connectivity index is 1.65. The molecule has 0 spiro atoms.